The molecular formula is C8H6ClN3O2. The summed E-state index contributed by atoms with van der Waals surface area (Å²) in [5.74, 6) is -0.438. The largest absolute Gasteiger partial charge is 0.481 e. The summed E-state index contributed by atoms with van der Waals surface area (Å²) in [6.45, 7) is 0. The van der Waals surface area contributed by atoms with Crippen molar-refractivity contribution >= 4 is 23.3 Å². The fourth-order valence-electron chi connectivity index (χ4n) is 1.15. The number of hydrogen-bond donors (Lipinski definition) is 1. The summed E-state index contributed by atoms with van der Waals surface area (Å²) < 4.78 is 1.54. The normalized spacial score (nSPS) is 10.6. The Balaban J connectivity index is 2.49. The number of aromatic nitrogens is 3. The zero-order valence-electron chi connectivity index (χ0n) is 7.01. The van der Waals surface area contributed by atoms with Gasteiger partial charge in [-0.3, -0.25) is 9.20 Å². The Labute approximate surface area is 84.0 Å². The molecule has 0 radical (unpaired) electrons. The molecule has 0 aliphatic carbocycles. The Hall–Kier alpha value is -1.62. The molecule has 0 saturated carbocycles. The molecule has 0 saturated heterocycles. The summed E-state index contributed by atoms with van der Waals surface area (Å²) in [6, 6.07) is 0. The van der Waals surface area contributed by atoms with Crippen LogP contribution in [0.1, 0.15) is 5.56 Å². The number of rotatable bonds is 2. The standard InChI is InChI=1S/C8H6ClN3O2/c9-6-3-11-8-10-2-5(1-7(13)14)4-12(6)8/h2-4H,1H2,(H,13,14). The number of aliphatic carboxylic acids is 1. The fourth-order valence-corrected chi connectivity index (χ4v) is 1.32. The van der Waals surface area contributed by atoms with Crippen molar-refractivity contribution in [1.82, 2.24) is 14.4 Å². The maximum Gasteiger partial charge on any atom is 0.307 e. The van der Waals surface area contributed by atoms with E-state index in [2.05, 4.69) is 9.97 Å². The Morgan fingerprint density at radius 2 is 2.21 bits per heavy atom. The van der Waals surface area contributed by atoms with Crippen molar-refractivity contribution in [3.05, 3.63) is 29.3 Å². The molecule has 0 unspecified atom stereocenters. The second kappa shape index (κ2) is 3.26. The van der Waals surface area contributed by atoms with Crippen LogP contribution >= 0.6 is 11.6 Å². The van der Waals surface area contributed by atoms with Crippen LogP contribution in [0.4, 0.5) is 0 Å². The molecule has 14 heavy (non-hydrogen) atoms. The van der Waals surface area contributed by atoms with Crippen molar-refractivity contribution in [2.45, 2.75) is 6.42 Å². The van der Waals surface area contributed by atoms with Crippen molar-refractivity contribution in [3.8, 4) is 0 Å². The first kappa shape index (κ1) is 8.96. The molecule has 2 aromatic heterocycles. The average molecular weight is 212 g/mol. The summed E-state index contributed by atoms with van der Waals surface area (Å²) in [5, 5.41) is 8.99. The van der Waals surface area contributed by atoms with E-state index in [1.54, 1.807) is 10.6 Å². The maximum atomic E-state index is 10.4. The smallest absolute Gasteiger partial charge is 0.307 e. The second-order valence-electron chi connectivity index (χ2n) is 2.78. The van der Waals surface area contributed by atoms with E-state index in [0.29, 0.717) is 16.5 Å². The first-order chi connectivity index (χ1) is 6.66. The van der Waals surface area contributed by atoms with Crippen LogP contribution in [0.5, 0.6) is 0 Å². The molecule has 0 spiro atoms. The average Bonchev–Trinajstić information content (AvgIpc) is 2.47. The van der Waals surface area contributed by atoms with Gasteiger partial charge < -0.3 is 5.11 Å². The number of carboxylic acid groups (broad SMARTS) is 1. The van der Waals surface area contributed by atoms with Gasteiger partial charge in [0.05, 0.1) is 12.6 Å². The molecule has 0 bridgehead atoms. The van der Waals surface area contributed by atoms with Crippen molar-refractivity contribution in [2.24, 2.45) is 0 Å². The van der Waals surface area contributed by atoms with E-state index in [1.165, 1.54) is 12.4 Å². The number of carboxylic acids is 1. The monoisotopic (exact) mass is 211 g/mol. The van der Waals surface area contributed by atoms with Gasteiger partial charge in [0.1, 0.15) is 5.15 Å². The highest BCUT2D eigenvalue weighted by Gasteiger charge is 2.05. The van der Waals surface area contributed by atoms with Crippen LogP contribution in [0.15, 0.2) is 18.6 Å². The Bertz CT molecular complexity index is 494. The Morgan fingerprint density at radius 3 is 2.93 bits per heavy atom. The van der Waals surface area contributed by atoms with Crippen LogP contribution < -0.4 is 0 Å². The topological polar surface area (TPSA) is 67.5 Å². The minimum absolute atomic E-state index is 0.0720. The highest BCUT2D eigenvalue weighted by molar-refractivity contribution is 6.29. The van der Waals surface area contributed by atoms with Gasteiger partial charge in [0.25, 0.3) is 0 Å². The van der Waals surface area contributed by atoms with Gasteiger partial charge in [-0.15, -0.1) is 0 Å². The van der Waals surface area contributed by atoms with Crippen LogP contribution in [0.25, 0.3) is 5.78 Å². The third-order valence-corrected chi connectivity index (χ3v) is 2.01. The SMILES string of the molecule is O=C(O)Cc1cnc2ncc(Cl)n2c1. The quantitative estimate of drug-likeness (QED) is 0.805. The van der Waals surface area contributed by atoms with Gasteiger partial charge in [0, 0.05) is 12.4 Å². The van der Waals surface area contributed by atoms with Crippen LogP contribution in [0.2, 0.25) is 5.15 Å². The molecule has 0 aliphatic heterocycles. The summed E-state index contributed by atoms with van der Waals surface area (Å²) in [6.07, 6.45) is 4.49. The van der Waals surface area contributed by atoms with Crippen LogP contribution in [-0.2, 0) is 11.2 Å². The van der Waals surface area contributed by atoms with E-state index >= 15 is 0 Å². The highest BCUT2D eigenvalue weighted by Crippen LogP contribution is 2.11. The molecule has 0 aliphatic rings. The van der Waals surface area contributed by atoms with Gasteiger partial charge in [-0.1, -0.05) is 11.6 Å². The summed E-state index contributed by atoms with van der Waals surface area (Å²) in [5.41, 5.74) is 0.588. The Kier molecular flexibility index (Phi) is 2.09. The zero-order valence-corrected chi connectivity index (χ0v) is 7.77. The molecule has 2 aromatic rings. The van der Waals surface area contributed by atoms with Crippen molar-refractivity contribution < 1.29 is 9.90 Å². The molecule has 2 heterocycles. The number of nitrogens with zero attached hydrogens (tertiary/aromatic N) is 3. The molecule has 72 valence electrons. The van der Waals surface area contributed by atoms with Crippen LogP contribution in [0.3, 0.4) is 0 Å². The number of carbonyl (C=O) groups is 1. The molecule has 2 rings (SSSR count). The molecule has 1 N–H and O–H groups in total. The lowest BCUT2D eigenvalue weighted by Gasteiger charge is -1.98. The van der Waals surface area contributed by atoms with Crippen molar-refractivity contribution in [1.29, 1.82) is 0 Å². The lowest BCUT2D eigenvalue weighted by molar-refractivity contribution is -0.136. The predicted octanol–water partition coefficient (Wildman–Crippen LogP) is 1.01. The van der Waals surface area contributed by atoms with E-state index in [9.17, 15) is 4.79 Å². The molecule has 0 amide bonds. The van der Waals surface area contributed by atoms with Gasteiger partial charge in [0.15, 0.2) is 0 Å². The third-order valence-electron chi connectivity index (χ3n) is 1.73. The van der Waals surface area contributed by atoms with Gasteiger partial charge in [0.2, 0.25) is 5.78 Å². The zero-order chi connectivity index (χ0) is 10.1. The number of imidazole rings is 1. The lowest BCUT2D eigenvalue weighted by Crippen LogP contribution is -2.02. The number of hydrogen-bond acceptors (Lipinski definition) is 3. The van der Waals surface area contributed by atoms with Crippen LogP contribution in [0, 0.1) is 0 Å². The second-order valence-corrected chi connectivity index (χ2v) is 3.17. The summed E-state index contributed by atoms with van der Waals surface area (Å²) >= 11 is 5.79. The molecular weight excluding hydrogens is 206 g/mol. The van der Waals surface area contributed by atoms with Gasteiger partial charge in [-0.25, -0.2) is 9.97 Å². The van der Waals surface area contributed by atoms with Crippen molar-refractivity contribution in [2.75, 3.05) is 0 Å². The number of fused-ring (bicyclic) bond motifs is 1. The highest BCUT2D eigenvalue weighted by atomic mass is 35.5. The van der Waals surface area contributed by atoms with E-state index in [0.717, 1.165) is 0 Å². The summed E-state index contributed by atoms with van der Waals surface area (Å²) in [7, 11) is 0. The molecule has 6 heteroatoms. The molecule has 0 aromatic carbocycles. The van der Waals surface area contributed by atoms with Gasteiger partial charge >= 0.3 is 5.97 Å². The minimum atomic E-state index is -0.901. The summed E-state index contributed by atoms with van der Waals surface area (Å²) in [4.78, 5) is 18.3. The minimum Gasteiger partial charge on any atom is -0.481 e. The van der Waals surface area contributed by atoms with E-state index in [-0.39, 0.29) is 6.42 Å². The van der Waals surface area contributed by atoms with Gasteiger partial charge in [-0.2, -0.15) is 0 Å². The predicted molar refractivity (Wildman–Crippen MR) is 49.3 cm³/mol. The van der Waals surface area contributed by atoms with Gasteiger partial charge in [-0.05, 0) is 5.56 Å². The first-order valence-electron chi connectivity index (χ1n) is 3.86. The third kappa shape index (κ3) is 1.54. The first-order valence-corrected chi connectivity index (χ1v) is 4.24. The molecule has 5 nitrogen and oxygen atoms in total. The maximum absolute atomic E-state index is 10.4. The molecule has 0 atom stereocenters. The van der Waals surface area contributed by atoms with Crippen molar-refractivity contribution in [3.63, 3.8) is 0 Å². The number of halogens is 1. The lowest BCUT2D eigenvalue weighted by atomic mass is 10.2. The van der Waals surface area contributed by atoms with E-state index < -0.39 is 5.97 Å². The molecule has 0 fully saturated rings. The Morgan fingerprint density at radius 1 is 1.50 bits per heavy atom. The van der Waals surface area contributed by atoms with E-state index in [1.807, 2.05) is 0 Å². The van der Waals surface area contributed by atoms with Crippen LogP contribution in [-0.4, -0.2) is 25.4 Å². The van der Waals surface area contributed by atoms with E-state index in [4.69, 9.17) is 16.7 Å². The fraction of sp³-hybridized carbons (Fsp3) is 0.125.